The number of hydrogen-bond acceptors (Lipinski definition) is 4. The van der Waals surface area contributed by atoms with Crippen molar-refractivity contribution in [2.75, 3.05) is 0 Å². The topological polar surface area (TPSA) is 48.5 Å². The van der Waals surface area contributed by atoms with Gasteiger partial charge in [0.05, 0.1) is 22.1 Å². The van der Waals surface area contributed by atoms with E-state index in [2.05, 4.69) is 228 Å². The van der Waals surface area contributed by atoms with Crippen LogP contribution in [0.1, 0.15) is 22.6 Å². The van der Waals surface area contributed by atoms with Gasteiger partial charge in [0, 0.05) is 75.7 Å². The number of fused-ring (bicyclic) bond motifs is 12. The highest BCUT2D eigenvalue weighted by Crippen LogP contribution is 2.53. The summed E-state index contributed by atoms with van der Waals surface area (Å²) in [5.74, 6) is 1.67. The lowest BCUT2D eigenvalue weighted by Gasteiger charge is -2.21. The van der Waals surface area contributed by atoms with Gasteiger partial charge in [-0.15, -0.1) is 11.3 Å². The normalized spacial score (nSPS) is 12.4. The molecule has 1 aliphatic carbocycles. The Morgan fingerprint density at radius 1 is 0.276 bits per heavy atom. The molecule has 0 saturated heterocycles. The van der Waals surface area contributed by atoms with Gasteiger partial charge in [0.15, 0.2) is 17.5 Å². The number of aromatic nitrogens is 5. The number of nitrogens with zero attached hydrogens (tertiary/aromatic N) is 5. The second-order valence-corrected chi connectivity index (χ2v) is 20.9. The Balaban J connectivity index is 0.980. The molecule has 4 aromatic heterocycles. The molecular weight excluding hydrogens is 943 g/mol. The van der Waals surface area contributed by atoms with E-state index < -0.39 is 0 Å². The Morgan fingerprint density at radius 3 is 1.22 bits per heavy atom. The van der Waals surface area contributed by atoms with Gasteiger partial charge in [0.2, 0.25) is 0 Å². The molecule has 16 rings (SSSR count). The molecule has 0 aliphatic heterocycles. The minimum Gasteiger partial charge on any atom is -0.309 e. The minimum absolute atomic E-state index is 0.211. The molecule has 0 atom stereocenters. The lowest BCUT2D eigenvalue weighted by molar-refractivity contribution is 0.993. The zero-order valence-electron chi connectivity index (χ0n) is 41.0. The average Bonchev–Trinajstić information content (AvgIpc) is 4.27. The quantitative estimate of drug-likeness (QED) is 0.160. The van der Waals surface area contributed by atoms with Crippen LogP contribution in [-0.2, 0) is 0 Å². The van der Waals surface area contributed by atoms with Gasteiger partial charge in [-0.2, -0.15) is 0 Å². The first-order valence-electron chi connectivity index (χ1n) is 25.9. The molecule has 0 saturated carbocycles. The van der Waals surface area contributed by atoms with Crippen molar-refractivity contribution in [3.05, 3.63) is 271 Å². The second kappa shape index (κ2) is 16.9. The Kier molecular flexibility index (Phi) is 9.50. The maximum Gasteiger partial charge on any atom is 0.164 e. The van der Waals surface area contributed by atoms with Crippen molar-refractivity contribution in [3.63, 3.8) is 0 Å². The van der Waals surface area contributed by atoms with Crippen LogP contribution in [0.2, 0.25) is 0 Å². The molecule has 5 nitrogen and oxygen atoms in total. The highest BCUT2D eigenvalue weighted by Gasteiger charge is 2.34. The number of benzene rings is 11. The molecule has 0 N–H and O–H groups in total. The summed E-state index contributed by atoms with van der Waals surface area (Å²) in [6.07, 6.45) is 0. The molecule has 1 aliphatic rings. The third kappa shape index (κ3) is 6.61. The van der Waals surface area contributed by atoms with Crippen LogP contribution in [0, 0.1) is 0 Å². The number of thiophene rings is 1. The van der Waals surface area contributed by atoms with Crippen molar-refractivity contribution < 1.29 is 0 Å². The first kappa shape index (κ1) is 42.7. The average molecular weight is 986 g/mol. The van der Waals surface area contributed by atoms with Gasteiger partial charge >= 0.3 is 0 Å². The van der Waals surface area contributed by atoms with E-state index in [1.54, 1.807) is 0 Å². The third-order valence-electron chi connectivity index (χ3n) is 15.7. The molecule has 76 heavy (non-hydrogen) atoms. The summed E-state index contributed by atoms with van der Waals surface area (Å²) in [7, 11) is 0. The molecule has 0 fully saturated rings. The molecule has 0 unspecified atom stereocenters. The molecule has 15 aromatic rings. The van der Waals surface area contributed by atoms with Crippen molar-refractivity contribution in [1.82, 2.24) is 24.1 Å². The van der Waals surface area contributed by atoms with E-state index in [0.29, 0.717) is 17.5 Å². The molecular formula is C70H43N5S. The van der Waals surface area contributed by atoms with E-state index in [0.717, 1.165) is 44.8 Å². The SMILES string of the molecule is c1ccc(-c2nc(-c3ccccc3)nc(-c3cc(-c4ccc5c(c4)sc4ccccc45)ccc3C3c4cc(-n5c6ccccc6c6ccccc65)ccc4-c4ccc(-n5c6ccccc6c6ccccc65)cc43)n2)cc1. The first-order valence-corrected chi connectivity index (χ1v) is 26.7. The van der Waals surface area contributed by atoms with E-state index in [1.165, 1.54) is 86.0 Å². The Hall–Kier alpha value is -9.75. The highest BCUT2D eigenvalue weighted by atomic mass is 32.1. The minimum atomic E-state index is -0.211. The summed E-state index contributed by atoms with van der Waals surface area (Å²) < 4.78 is 7.42. The molecule has 0 spiro atoms. The van der Waals surface area contributed by atoms with Crippen LogP contribution < -0.4 is 0 Å². The molecule has 0 bridgehead atoms. The van der Waals surface area contributed by atoms with Gasteiger partial charge in [0.25, 0.3) is 0 Å². The molecule has 0 amide bonds. The van der Waals surface area contributed by atoms with Crippen molar-refractivity contribution in [2.45, 2.75) is 5.92 Å². The van der Waals surface area contributed by atoms with Gasteiger partial charge in [-0.3, -0.25) is 0 Å². The van der Waals surface area contributed by atoms with Crippen LogP contribution in [-0.4, -0.2) is 24.1 Å². The zero-order chi connectivity index (χ0) is 49.8. The van der Waals surface area contributed by atoms with Crippen molar-refractivity contribution >= 4 is 75.1 Å². The summed E-state index contributed by atoms with van der Waals surface area (Å²) in [5, 5.41) is 7.50. The fraction of sp³-hybridized carbons (Fsp3) is 0.0143. The summed E-state index contributed by atoms with van der Waals surface area (Å²) in [5.41, 5.74) is 18.0. The van der Waals surface area contributed by atoms with Crippen LogP contribution in [0.15, 0.2) is 255 Å². The summed E-state index contributed by atoms with van der Waals surface area (Å²) in [4.78, 5) is 16.2. The van der Waals surface area contributed by atoms with Crippen molar-refractivity contribution in [3.8, 4) is 67.8 Å². The van der Waals surface area contributed by atoms with E-state index >= 15 is 0 Å². The molecule has 6 heteroatoms. The van der Waals surface area contributed by atoms with Gasteiger partial charge in [-0.05, 0) is 106 Å². The molecule has 4 heterocycles. The maximum absolute atomic E-state index is 5.48. The summed E-state index contributed by atoms with van der Waals surface area (Å²) in [6, 6.07) is 92.6. The van der Waals surface area contributed by atoms with Crippen LogP contribution in [0.5, 0.6) is 0 Å². The number of para-hydroxylation sites is 4. The van der Waals surface area contributed by atoms with E-state index in [4.69, 9.17) is 15.0 Å². The Labute approximate surface area is 441 Å². The summed E-state index contributed by atoms with van der Waals surface area (Å²) >= 11 is 1.84. The smallest absolute Gasteiger partial charge is 0.164 e. The van der Waals surface area contributed by atoms with Crippen molar-refractivity contribution in [1.29, 1.82) is 0 Å². The fourth-order valence-electron chi connectivity index (χ4n) is 12.3. The first-order chi connectivity index (χ1) is 37.7. The van der Waals surface area contributed by atoms with Gasteiger partial charge < -0.3 is 9.13 Å². The standard InChI is InChI=1S/C70H43N5S/c1-3-17-43(18-4-1)68-71-69(44-19-5-2-6-20-44)73-70(72-68)60-39-45(46-31-35-56-55-25-11-16-30-65(55)76-66(56)40-46)32-36-57(60)67-58-41-47(74-61-26-12-7-21-51(61)52-22-8-13-27-62(52)74)33-37-49(58)50-38-34-48(42-59(50)67)75-63-28-14-9-23-53(63)54-24-10-15-29-64(54)75/h1-42,67H. The van der Waals surface area contributed by atoms with E-state index in [9.17, 15) is 0 Å². The zero-order valence-corrected chi connectivity index (χ0v) is 41.8. The largest absolute Gasteiger partial charge is 0.309 e. The van der Waals surface area contributed by atoms with E-state index in [-0.39, 0.29) is 5.92 Å². The monoisotopic (exact) mass is 985 g/mol. The van der Waals surface area contributed by atoms with Gasteiger partial charge in [0.1, 0.15) is 0 Å². The van der Waals surface area contributed by atoms with E-state index in [1.807, 2.05) is 47.7 Å². The molecule has 354 valence electrons. The van der Waals surface area contributed by atoms with Crippen LogP contribution in [0.4, 0.5) is 0 Å². The molecule has 0 radical (unpaired) electrons. The van der Waals surface area contributed by atoms with Gasteiger partial charge in [-0.1, -0.05) is 188 Å². The lowest BCUT2D eigenvalue weighted by Crippen LogP contribution is -2.07. The van der Waals surface area contributed by atoms with Crippen LogP contribution in [0.3, 0.4) is 0 Å². The number of rotatable bonds is 7. The maximum atomic E-state index is 5.48. The Morgan fingerprint density at radius 2 is 0.697 bits per heavy atom. The lowest BCUT2D eigenvalue weighted by atomic mass is 9.84. The Bertz CT molecular complexity index is 4510. The predicted molar refractivity (Wildman–Crippen MR) is 316 cm³/mol. The van der Waals surface area contributed by atoms with Crippen molar-refractivity contribution in [2.24, 2.45) is 0 Å². The predicted octanol–water partition coefficient (Wildman–Crippen LogP) is 18.3. The van der Waals surface area contributed by atoms with Crippen LogP contribution >= 0.6 is 11.3 Å². The second-order valence-electron chi connectivity index (χ2n) is 19.9. The van der Waals surface area contributed by atoms with Crippen LogP contribution in [0.25, 0.3) is 132 Å². The fourth-order valence-corrected chi connectivity index (χ4v) is 13.4. The van der Waals surface area contributed by atoms with Gasteiger partial charge in [-0.25, -0.2) is 15.0 Å². The number of hydrogen-bond donors (Lipinski definition) is 0. The molecule has 11 aromatic carbocycles. The highest BCUT2D eigenvalue weighted by molar-refractivity contribution is 7.25. The summed E-state index contributed by atoms with van der Waals surface area (Å²) in [6.45, 7) is 0. The third-order valence-corrected chi connectivity index (χ3v) is 16.8.